The molecule has 0 saturated carbocycles. The number of ether oxygens (including phenoxy) is 1. The summed E-state index contributed by atoms with van der Waals surface area (Å²) in [5.41, 5.74) is 0.104. The second kappa shape index (κ2) is 8.94. The summed E-state index contributed by atoms with van der Waals surface area (Å²) in [5.74, 6) is 0.510. The van der Waals surface area contributed by atoms with E-state index in [4.69, 9.17) is 4.74 Å². The molecule has 1 fully saturated rings. The van der Waals surface area contributed by atoms with E-state index < -0.39 is 11.7 Å². The third kappa shape index (κ3) is 5.52. The van der Waals surface area contributed by atoms with E-state index in [1.165, 1.54) is 12.1 Å². The number of hydrogen-bond acceptors (Lipinski definition) is 3. The van der Waals surface area contributed by atoms with Crippen LogP contribution in [-0.2, 0) is 17.5 Å². The van der Waals surface area contributed by atoms with Crippen LogP contribution in [-0.4, -0.2) is 45.4 Å². The van der Waals surface area contributed by atoms with Gasteiger partial charge in [0.25, 0.3) is 0 Å². The predicted molar refractivity (Wildman–Crippen MR) is 93.0 cm³/mol. The topological polar surface area (TPSA) is 48.9 Å². The maximum atomic E-state index is 13.5. The molecule has 1 aliphatic rings. The number of nitrogens with zero attached hydrogens (tertiary/aromatic N) is 2. The minimum Gasteiger partial charge on any atom is -0.378 e. The second-order valence-corrected chi connectivity index (χ2v) is 5.66. The lowest BCUT2D eigenvalue weighted by atomic mass is 10.1. The summed E-state index contributed by atoms with van der Waals surface area (Å²) >= 11 is 0. The van der Waals surface area contributed by atoms with Crippen molar-refractivity contribution in [3.63, 3.8) is 0 Å². The number of aliphatic imine (C=N–C) groups is 1. The Kier molecular flexibility index (Phi) is 6.92. The molecule has 0 aromatic heterocycles. The minimum absolute atomic E-state index is 0.0342. The number of anilines is 1. The fourth-order valence-electron chi connectivity index (χ4n) is 2.66. The number of guanidine groups is 1. The quantitative estimate of drug-likeness (QED) is 0.628. The maximum absolute atomic E-state index is 13.5. The monoisotopic (exact) mass is 358 g/mol. The standard InChI is InChI=1S/C17H25F3N4O/c1-3-21-16(22-4-2)23-12-13-5-6-14(11-15(13)17(18,19)20)24-7-9-25-10-8-24/h5-6,11H,3-4,7-10,12H2,1-2H3,(H2,21,22,23). The van der Waals surface area contributed by atoms with Crippen LogP contribution < -0.4 is 15.5 Å². The van der Waals surface area contributed by atoms with Crippen LogP contribution in [0, 0.1) is 0 Å². The second-order valence-electron chi connectivity index (χ2n) is 5.66. The van der Waals surface area contributed by atoms with Gasteiger partial charge in [-0.1, -0.05) is 6.07 Å². The van der Waals surface area contributed by atoms with Crippen LogP contribution in [0.5, 0.6) is 0 Å². The molecule has 1 saturated heterocycles. The van der Waals surface area contributed by atoms with Gasteiger partial charge in [-0.3, -0.25) is 0 Å². The molecule has 0 aliphatic carbocycles. The van der Waals surface area contributed by atoms with E-state index in [9.17, 15) is 13.2 Å². The van der Waals surface area contributed by atoms with E-state index in [0.29, 0.717) is 51.0 Å². The van der Waals surface area contributed by atoms with Crippen LogP contribution in [0.3, 0.4) is 0 Å². The highest BCUT2D eigenvalue weighted by molar-refractivity contribution is 5.79. The van der Waals surface area contributed by atoms with Crippen molar-refractivity contribution in [2.75, 3.05) is 44.3 Å². The number of nitrogens with one attached hydrogen (secondary N) is 2. The normalized spacial score (nSPS) is 15.0. The average molecular weight is 358 g/mol. The van der Waals surface area contributed by atoms with Gasteiger partial charge in [0.1, 0.15) is 0 Å². The van der Waals surface area contributed by atoms with Gasteiger partial charge in [0.15, 0.2) is 5.96 Å². The summed E-state index contributed by atoms with van der Waals surface area (Å²) in [6, 6.07) is 4.47. The lowest BCUT2D eigenvalue weighted by Gasteiger charge is -2.29. The highest BCUT2D eigenvalue weighted by Gasteiger charge is 2.34. The number of halogens is 3. The van der Waals surface area contributed by atoms with Crippen molar-refractivity contribution in [2.24, 2.45) is 4.99 Å². The third-order valence-electron chi connectivity index (χ3n) is 3.87. The molecular formula is C17H25F3N4O. The predicted octanol–water partition coefficient (Wildman–Crippen LogP) is 2.62. The van der Waals surface area contributed by atoms with Crippen molar-refractivity contribution in [3.05, 3.63) is 29.3 Å². The summed E-state index contributed by atoms with van der Waals surface area (Å²) in [6.45, 7) is 7.33. The first kappa shape index (κ1) is 19.4. The van der Waals surface area contributed by atoms with Crippen molar-refractivity contribution in [3.8, 4) is 0 Å². The fourth-order valence-corrected chi connectivity index (χ4v) is 2.66. The molecule has 0 radical (unpaired) electrons. The van der Waals surface area contributed by atoms with Crippen LogP contribution in [0.25, 0.3) is 0 Å². The van der Waals surface area contributed by atoms with E-state index in [2.05, 4.69) is 15.6 Å². The molecule has 1 aromatic rings. The number of hydrogen-bond donors (Lipinski definition) is 2. The van der Waals surface area contributed by atoms with Gasteiger partial charge in [0.05, 0.1) is 25.3 Å². The van der Waals surface area contributed by atoms with Gasteiger partial charge in [0, 0.05) is 31.9 Å². The number of morpholine rings is 1. The highest BCUT2D eigenvalue weighted by Crippen LogP contribution is 2.35. The van der Waals surface area contributed by atoms with Gasteiger partial charge < -0.3 is 20.3 Å². The first-order valence-corrected chi connectivity index (χ1v) is 8.50. The Morgan fingerprint density at radius 1 is 1.16 bits per heavy atom. The zero-order valence-electron chi connectivity index (χ0n) is 14.6. The fraction of sp³-hybridized carbons (Fsp3) is 0.588. The zero-order valence-corrected chi connectivity index (χ0v) is 14.6. The lowest BCUT2D eigenvalue weighted by molar-refractivity contribution is -0.138. The molecule has 25 heavy (non-hydrogen) atoms. The van der Waals surface area contributed by atoms with E-state index >= 15 is 0 Å². The Labute approximate surface area is 146 Å². The van der Waals surface area contributed by atoms with Gasteiger partial charge >= 0.3 is 6.18 Å². The van der Waals surface area contributed by atoms with Crippen LogP contribution in [0.1, 0.15) is 25.0 Å². The van der Waals surface area contributed by atoms with Gasteiger partial charge in [-0.2, -0.15) is 13.2 Å². The van der Waals surface area contributed by atoms with Crippen LogP contribution in [0.15, 0.2) is 23.2 Å². The van der Waals surface area contributed by atoms with Gasteiger partial charge in [-0.15, -0.1) is 0 Å². The summed E-state index contributed by atoms with van der Waals surface area (Å²) in [7, 11) is 0. The van der Waals surface area contributed by atoms with Gasteiger partial charge in [-0.25, -0.2) is 4.99 Å². The Hall–Kier alpha value is -1.96. The van der Waals surface area contributed by atoms with E-state index in [1.807, 2.05) is 18.7 Å². The van der Waals surface area contributed by atoms with Crippen molar-refractivity contribution in [2.45, 2.75) is 26.6 Å². The third-order valence-corrected chi connectivity index (χ3v) is 3.87. The highest BCUT2D eigenvalue weighted by atomic mass is 19.4. The first-order valence-electron chi connectivity index (χ1n) is 8.50. The number of benzene rings is 1. The Morgan fingerprint density at radius 3 is 2.36 bits per heavy atom. The average Bonchev–Trinajstić information content (AvgIpc) is 2.60. The first-order chi connectivity index (χ1) is 12.0. The molecule has 2 rings (SSSR count). The van der Waals surface area contributed by atoms with Crippen LogP contribution in [0.2, 0.25) is 0 Å². The summed E-state index contributed by atoms with van der Waals surface area (Å²) in [4.78, 5) is 6.16. The smallest absolute Gasteiger partial charge is 0.378 e. The molecule has 140 valence electrons. The molecule has 0 amide bonds. The SMILES string of the molecule is CCNC(=NCc1ccc(N2CCOCC2)cc1C(F)(F)F)NCC. The lowest BCUT2D eigenvalue weighted by Crippen LogP contribution is -2.37. The molecular weight excluding hydrogens is 333 g/mol. The van der Waals surface area contributed by atoms with Crippen molar-refractivity contribution in [1.82, 2.24) is 10.6 Å². The van der Waals surface area contributed by atoms with E-state index in [-0.39, 0.29) is 12.1 Å². The summed E-state index contributed by atoms with van der Waals surface area (Å²) in [5, 5.41) is 6.02. The number of rotatable bonds is 5. The molecule has 1 aliphatic heterocycles. The van der Waals surface area contributed by atoms with E-state index in [0.717, 1.165) is 0 Å². The van der Waals surface area contributed by atoms with Gasteiger partial charge in [-0.05, 0) is 31.5 Å². The Balaban J connectivity index is 2.26. The van der Waals surface area contributed by atoms with Crippen LogP contribution >= 0.6 is 0 Å². The molecule has 2 N–H and O–H groups in total. The van der Waals surface area contributed by atoms with Crippen molar-refractivity contribution in [1.29, 1.82) is 0 Å². The van der Waals surface area contributed by atoms with Crippen LogP contribution in [0.4, 0.5) is 18.9 Å². The molecule has 0 bridgehead atoms. The molecule has 1 heterocycles. The zero-order chi connectivity index (χ0) is 18.3. The Bertz CT molecular complexity index is 576. The summed E-state index contributed by atoms with van der Waals surface area (Å²) < 4.78 is 45.7. The molecule has 0 spiro atoms. The molecule has 8 heteroatoms. The van der Waals surface area contributed by atoms with Crippen molar-refractivity contribution < 1.29 is 17.9 Å². The number of alkyl halides is 3. The Morgan fingerprint density at radius 2 is 1.80 bits per heavy atom. The summed E-state index contributed by atoms with van der Waals surface area (Å²) in [6.07, 6.45) is -4.41. The van der Waals surface area contributed by atoms with Crippen molar-refractivity contribution >= 4 is 11.6 Å². The molecule has 0 atom stereocenters. The van der Waals surface area contributed by atoms with E-state index in [1.54, 1.807) is 6.07 Å². The molecule has 1 aromatic carbocycles. The minimum atomic E-state index is -4.41. The maximum Gasteiger partial charge on any atom is 0.416 e. The molecule has 5 nitrogen and oxygen atoms in total. The van der Waals surface area contributed by atoms with Gasteiger partial charge in [0.2, 0.25) is 0 Å². The molecule has 0 unspecified atom stereocenters. The largest absolute Gasteiger partial charge is 0.416 e.